The van der Waals surface area contributed by atoms with Gasteiger partial charge in [0.2, 0.25) is 0 Å². The van der Waals surface area contributed by atoms with Crippen LogP contribution in [0.1, 0.15) is 26.3 Å². The normalized spacial score (nSPS) is 10.7. The minimum Gasteiger partial charge on any atom is -0.444 e. The summed E-state index contributed by atoms with van der Waals surface area (Å²) in [6.45, 7) is 5.88. The lowest BCUT2D eigenvalue weighted by molar-refractivity contribution is 0.0285. The van der Waals surface area contributed by atoms with E-state index in [1.165, 1.54) is 4.90 Å². The minimum absolute atomic E-state index is 0.382. The van der Waals surface area contributed by atoms with E-state index in [2.05, 4.69) is 5.32 Å². The number of amides is 3. The van der Waals surface area contributed by atoms with E-state index in [-0.39, 0.29) is 6.09 Å². The number of nitrogens with zero attached hydrogens (tertiary/aromatic N) is 1. The molecule has 4 N–H and O–H groups in total. The van der Waals surface area contributed by atoms with Gasteiger partial charge in [0, 0.05) is 19.3 Å². The molecule has 7 nitrogen and oxygen atoms in total. The Morgan fingerprint density at radius 1 is 1.24 bits per heavy atom. The Hall–Kier alpha value is -2.28. The number of benzene rings is 1. The van der Waals surface area contributed by atoms with Crippen LogP contribution in [0.2, 0.25) is 0 Å². The monoisotopic (exact) mass is 294 g/mol. The predicted octanol–water partition coefficient (Wildman–Crippen LogP) is 2.05. The lowest BCUT2D eigenvalue weighted by atomic mass is 10.2. The van der Waals surface area contributed by atoms with Gasteiger partial charge >= 0.3 is 12.1 Å². The van der Waals surface area contributed by atoms with Crippen molar-refractivity contribution < 1.29 is 14.3 Å². The molecule has 0 saturated carbocycles. The standard InChI is InChI=1S/C14H22N4O3/c1-14(2,3)21-13(20)18(4)9-10-5-7-11(8-6-10)16-12(19)17-15/h5-8H,9,15H2,1-4H3,(H2,16,17,19). The van der Waals surface area contributed by atoms with Gasteiger partial charge in [-0.25, -0.2) is 15.4 Å². The third kappa shape index (κ3) is 6.13. The Morgan fingerprint density at radius 3 is 2.29 bits per heavy atom. The summed E-state index contributed by atoms with van der Waals surface area (Å²) in [7, 11) is 1.67. The molecule has 0 aliphatic rings. The van der Waals surface area contributed by atoms with Crippen molar-refractivity contribution >= 4 is 17.8 Å². The average molecular weight is 294 g/mol. The molecule has 21 heavy (non-hydrogen) atoms. The van der Waals surface area contributed by atoms with Crippen molar-refractivity contribution in [2.45, 2.75) is 32.9 Å². The summed E-state index contributed by atoms with van der Waals surface area (Å²) in [6, 6.07) is 6.59. The topological polar surface area (TPSA) is 96.7 Å². The van der Waals surface area contributed by atoms with Gasteiger partial charge in [-0.2, -0.15) is 0 Å². The van der Waals surface area contributed by atoms with Crippen LogP contribution in [0.5, 0.6) is 0 Å². The first kappa shape index (κ1) is 16.8. The highest BCUT2D eigenvalue weighted by Gasteiger charge is 2.19. The fourth-order valence-corrected chi connectivity index (χ4v) is 1.54. The molecule has 3 amide bonds. The van der Waals surface area contributed by atoms with Crippen molar-refractivity contribution in [2.75, 3.05) is 12.4 Å². The van der Waals surface area contributed by atoms with Gasteiger partial charge in [0.25, 0.3) is 0 Å². The van der Waals surface area contributed by atoms with Gasteiger partial charge in [-0.3, -0.25) is 5.43 Å². The lowest BCUT2D eigenvalue weighted by Gasteiger charge is -2.24. The summed E-state index contributed by atoms with van der Waals surface area (Å²) in [4.78, 5) is 24.4. The highest BCUT2D eigenvalue weighted by Crippen LogP contribution is 2.13. The largest absolute Gasteiger partial charge is 0.444 e. The first-order valence-corrected chi connectivity index (χ1v) is 6.52. The second-order valence-electron chi connectivity index (χ2n) is 5.63. The van der Waals surface area contributed by atoms with Crippen LogP contribution < -0.4 is 16.6 Å². The summed E-state index contributed by atoms with van der Waals surface area (Å²) in [6.07, 6.45) is -0.382. The van der Waals surface area contributed by atoms with Crippen molar-refractivity contribution in [3.63, 3.8) is 0 Å². The molecule has 0 spiro atoms. The predicted molar refractivity (Wildman–Crippen MR) is 80.5 cm³/mol. The highest BCUT2D eigenvalue weighted by atomic mass is 16.6. The zero-order valence-electron chi connectivity index (χ0n) is 12.8. The van der Waals surface area contributed by atoms with E-state index < -0.39 is 11.6 Å². The average Bonchev–Trinajstić information content (AvgIpc) is 2.38. The molecule has 0 heterocycles. The maximum absolute atomic E-state index is 11.8. The molecule has 0 bridgehead atoms. The zero-order chi connectivity index (χ0) is 16.0. The molecule has 1 rings (SSSR count). The fraction of sp³-hybridized carbons (Fsp3) is 0.429. The molecule has 0 atom stereocenters. The Morgan fingerprint density at radius 2 is 1.81 bits per heavy atom. The number of hydrogen-bond donors (Lipinski definition) is 3. The van der Waals surface area contributed by atoms with E-state index in [1.54, 1.807) is 19.2 Å². The second kappa shape index (κ2) is 6.94. The Bertz CT molecular complexity index is 494. The number of hydrogen-bond acceptors (Lipinski definition) is 4. The molecule has 7 heteroatoms. The smallest absolute Gasteiger partial charge is 0.410 e. The SMILES string of the molecule is CN(Cc1ccc(NC(=O)NN)cc1)C(=O)OC(C)(C)C. The van der Waals surface area contributed by atoms with Gasteiger partial charge in [0.05, 0.1) is 0 Å². The fourth-order valence-electron chi connectivity index (χ4n) is 1.54. The molecule has 0 fully saturated rings. The van der Waals surface area contributed by atoms with Crippen LogP contribution in [-0.2, 0) is 11.3 Å². The Kier molecular flexibility index (Phi) is 5.54. The number of carbonyl (C=O) groups excluding carboxylic acids is 2. The maximum Gasteiger partial charge on any atom is 0.410 e. The lowest BCUT2D eigenvalue weighted by Crippen LogP contribution is -2.34. The van der Waals surface area contributed by atoms with Crippen LogP contribution in [0.15, 0.2) is 24.3 Å². The third-order valence-corrected chi connectivity index (χ3v) is 2.47. The van der Waals surface area contributed by atoms with Gasteiger partial charge in [0.1, 0.15) is 5.60 Å². The van der Waals surface area contributed by atoms with E-state index >= 15 is 0 Å². The summed E-state index contributed by atoms with van der Waals surface area (Å²) in [5, 5.41) is 2.55. The van der Waals surface area contributed by atoms with Crippen molar-refractivity contribution in [3.8, 4) is 0 Å². The van der Waals surface area contributed by atoms with E-state index in [0.717, 1.165) is 5.56 Å². The zero-order valence-corrected chi connectivity index (χ0v) is 12.8. The van der Waals surface area contributed by atoms with Gasteiger partial charge in [0.15, 0.2) is 0 Å². The molecule has 0 saturated heterocycles. The number of rotatable bonds is 3. The van der Waals surface area contributed by atoms with Gasteiger partial charge in [-0.05, 0) is 38.5 Å². The number of urea groups is 1. The van der Waals surface area contributed by atoms with Crippen LogP contribution in [0.3, 0.4) is 0 Å². The number of anilines is 1. The summed E-state index contributed by atoms with van der Waals surface area (Å²) in [5.74, 6) is 4.98. The number of ether oxygens (including phenoxy) is 1. The molecular formula is C14H22N4O3. The van der Waals surface area contributed by atoms with Crippen molar-refractivity contribution in [2.24, 2.45) is 5.84 Å². The number of hydrazine groups is 1. The Balaban J connectivity index is 2.59. The number of carbonyl (C=O) groups is 2. The van der Waals surface area contributed by atoms with Gasteiger partial charge in [-0.1, -0.05) is 12.1 Å². The first-order chi connectivity index (χ1) is 9.71. The first-order valence-electron chi connectivity index (χ1n) is 6.52. The summed E-state index contributed by atoms with van der Waals surface area (Å²) >= 11 is 0. The number of nitrogens with one attached hydrogen (secondary N) is 2. The molecule has 1 aromatic carbocycles. The van der Waals surface area contributed by atoms with E-state index in [1.807, 2.05) is 38.3 Å². The number of nitrogens with two attached hydrogens (primary N) is 1. The molecular weight excluding hydrogens is 272 g/mol. The van der Waals surface area contributed by atoms with Crippen molar-refractivity contribution in [3.05, 3.63) is 29.8 Å². The molecule has 1 aromatic rings. The van der Waals surface area contributed by atoms with E-state index in [9.17, 15) is 9.59 Å². The van der Waals surface area contributed by atoms with Crippen molar-refractivity contribution in [1.29, 1.82) is 0 Å². The maximum atomic E-state index is 11.8. The van der Waals surface area contributed by atoms with Crippen LogP contribution in [-0.4, -0.2) is 29.7 Å². The highest BCUT2D eigenvalue weighted by molar-refractivity contribution is 5.88. The van der Waals surface area contributed by atoms with Gasteiger partial charge < -0.3 is 15.0 Å². The minimum atomic E-state index is -0.519. The second-order valence-corrected chi connectivity index (χ2v) is 5.63. The molecule has 0 aromatic heterocycles. The molecule has 116 valence electrons. The van der Waals surface area contributed by atoms with Crippen molar-refractivity contribution in [1.82, 2.24) is 10.3 Å². The summed E-state index contributed by atoms with van der Waals surface area (Å²) in [5.41, 5.74) is 2.99. The van der Waals surface area contributed by atoms with Crippen LogP contribution in [0.25, 0.3) is 0 Å². The van der Waals surface area contributed by atoms with Crippen LogP contribution >= 0.6 is 0 Å². The van der Waals surface area contributed by atoms with E-state index in [0.29, 0.717) is 12.2 Å². The Labute approximate surface area is 124 Å². The third-order valence-electron chi connectivity index (χ3n) is 2.47. The van der Waals surface area contributed by atoms with E-state index in [4.69, 9.17) is 10.6 Å². The van der Waals surface area contributed by atoms with Crippen LogP contribution in [0.4, 0.5) is 15.3 Å². The van der Waals surface area contributed by atoms with Gasteiger partial charge in [-0.15, -0.1) is 0 Å². The van der Waals surface area contributed by atoms with Crippen LogP contribution in [0, 0.1) is 0 Å². The summed E-state index contributed by atoms with van der Waals surface area (Å²) < 4.78 is 5.27. The quantitative estimate of drug-likeness (QED) is 0.451. The molecule has 0 aliphatic carbocycles. The molecule has 0 aliphatic heterocycles. The molecule has 0 unspecified atom stereocenters. The molecule has 0 radical (unpaired) electrons.